The van der Waals surface area contributed by atoms with Crippen LogP contribution in [0.1, 0.15) is 25.7 Å². The fourth-order valence-electron chi connectivity index (χ4n) is 1.79. The largest absolute Gasteiger partial charge is 0.396 e. The zero-order valence-electron chi connectivity index (χ0n) is 9.00. The fourth-order valence-corrected chi connectivity index (χ4v) is 1.79. The molecule has 0 bridgehead atoms. The number of amides is 1. The van der Waals surface area contributed by atoms with E-state index in [1.807, 2.05) is 0 Å². The van der Waals surface area contributed by atoms with Crippen LogP contribution in [0.25, 0.3) is 0 Å². The number of carbonyl (C=O) groups excluding carboxylic acids is 1. The number of rotatable bonds is 3. The SMILES string of the molecule is Nc1cc(NC(=O)CC2CCC2)ccc1F. The van der Waals surface area contributed by atoms with Gasteiger partial charge in [0.15, 0.2) is 0 Å². The lowest BCUT2D eigenvalue weighted by molar-refractivity contribution is -0.117. The van der Waals surface area contributed by atoms with E-state index >= 15 is 0 Å². The first-order chi connectivity index (χ1) is 7.65. The molecule has 1 aromatic carbocycles. The van der Waals surface area contributed by atoms with Crippen LogP contribution in [0.3, 0.4) is 0 Å². The van der Waals surface area contributed by atoms with Gasteiger partial charge in [0.25, 0.3) is 0 Å². The molecule has 0 spiro atoms. The summed E-state index contributed by atoms with van der Waals surface area (Å²) in [6.07, 6.45) is 4.05. The van der Waals surface area contributed by atoms with Crippen molar-refractivity contribution in [2.24, 2.45) is 5.92 Å². The molecule has 1 aliphatic carbocycles. The standard InChI is InChI=1S/C12H15FN2O/c13-10-5-4-9(7-11(10)14)15-12(16)6-8-2-1-3-8/h4-5,7-8H,1-3,6,14H2,(H,15,16). The molecule has 0 aliphatic heterocycles. The van der Waals surface area contributed by atoms with Crippen molar-refractivity contribution in [1.82, 2.24) is 0 Å². The number of halogens is 1. The number of nitrogen functional groups attached to an aromatic ring is 1. The van der Waals surface area contributed by atoms with Crippen molar-refractivity contribution in [3.05, 3.63) is 24.0 Å². The molecule has 1 saturated carbocycles. The second kappa shape index (κ2) is 4.51. The third-order valence-corrected chi connectivity index (χ3v) is 2.98. The van der Waals surface area contributed by atoms with Crippen molar-refractivity contribution in [3.63, 3.8) is 0 Å². The summed E-state index contributed by atoms with van der Waals surface area (Å²) < 4.78 is 12.9. The summed E-state index contributed by atoms with van der Waals surface area (Å²) in [6.45, 7) is 0. The number of carbonyl (C=O) groups is 1. The molecule has 0 radical (unpaired) electrons. The predicted octanol–water partition coefficient (Wildman–Crippen LogP) is 2.54. The summed E-state index contributed by atoms with van der Waals surface area (Å²) in [4.78, 5) is 11.6. The Labute approximate surface area is 93.8 Å². The van der Waals surface area contributed by atoms with Gasteiger partial charge in [0.2, 0.25) is 5.91 Å². The van der Waals surface area contributed by atoms with Gasteiger partial charge >= 0.3 is 0 Å². The van der Waals surface area contributed by atoms with Crippen LogP contribution in [0, 0.1) is 11.7 Å². The normalized spacial score (nSPS) is 15.6. The molecule has 0 atom stereocenters. The Morgan fingerprint density at radius 3 is 2.81 bits per heavy atom. The van der Waals surface area contributed by atoms with Crippen LogP contribution in [0.2, 0.25) is 0 Å². The lowest BCUT2D eigenvalue weighted by Gasteiger charge is -2.24. The number of hydrogen-bond donors (Lipinski definition) is 2. The van der Waals surface area contributed by atoms with Gasteiger partial charge in [0.1, 0.15) is 5.82 Å². The van der Waals surface area contributed by atoms with Crippen molar-refractivity contribution in [2.75, 3.05) is 11.1 Å². The highest BCUT2D eigenvalue weighted by Crippen LogP contribution is 2.29. The van der Waals surface area contributed by atoms with Crippen LogP contribution in [0.15, 0.2) is 18.2 Å². The van der Waals surface area contributed by atoms with Gasteiger partial charge in [-0.3, -0.25) is 4.79 Å². The number of nitrogens with two attached hydrogens (primary N) is 1. The van der Waals surface area contributed by atoms with Crippen LogP contribution in [-0.4, -0.2) is 5.91 Å². The van der Waals surface area contributed by atoms with Crippen LogP contribution >= 0.6 is 0 Å². The molecule has 1 amide bonds. The molecule has 1 fully saturated rings. The molecular weight excluding hydrogens is 207 g/mol. The van der Waals surface area contributed by atoms with Crippen molar-refractivity contribution >= 4 is 17.3 Å². The minimum absolute atomic E-state index is 0.0179. The molecule has 0 unspecified atom stereocenters. The van der Waals surface area contributed by atoms with Gasteiger partial charge in [-0.1, -0.05) is 6.42 Å². The Morgan fingerprint density at radius 2 is 2.25 bits per heavy atom. The predicted molar refractivity (Wildman–Crippen MR) is 61.4 cm³/mol. The van der Waals surface area contributed by atoms with Gasteiger partial charge in [-0.2, -0.15) is 0 Å². The number of benzene rings is 1. The van der Waals surface area contributed by atoms with Crippen LogP contribution in [0.5, 0.6) is 0 Å². The summed E-state index contributed by atoms with van der Waals surface area (Å²) >= 11 is 0. The van der Waals surface area contributed by atoms with E-state index in [1.165, 1.54) is 24.6 Å². The van der Waals surface area contributed by atoms with Crippen molar-refractivity contribution in [3.8, 4) is 0 Å². The van der Waals surface area contributed by atoms with Crippen molar-refractivity contribution in [1.29, 1.82) is 0 Å². The molecule has 4 heteroatoms. The highest BCUT2D eigenvalue weighted by atomic mass is 19.1. The smallest absolute Gasteiger partial charge is 0.224 e. The highest BCUT2D eigenvalue weighted by molar-refractivity contribution is 5.91. The Kier molecular flexibility index (Phi) is 3.08. The minimum atomic E-state index is -0.461. The monoisotopic (exact) mass is 222 g/mol. The van der Waals surface area contributed by atoms with Crippen LogP contribution in [0.4, 0.5) is 15.8 Å². The first-order valence-corrected chi connectivity index (χ1v) is 5.50. The molecule has 86 valence electrons. The number of nitrogens with one attached hydrogen (secondary N) is 1. The van der Waals surface area contributed by atoms with Gasteiger partial charge in [0, 0.05) is 12.1 Å². The maximum atomic E-state index is 12.9. The van der Waals surface area contributed by atoms with E-state index in [1.54, 1.807) is 0 Å². The summed E-state index contributed by atoms with van der Waals surface area (Å²) in [7, 11) is 0. The van der Waals surface area contributed by atoms with E-state index in [9.17, 15) is 9.18 Å². The molecule has 0 heterocycles. The topological polar surface area (TPSA) is 55.1 Å². The zero-order valence-corrected chi connectivity index (χ0v) is 9.00. The summed E-state index contributed by atoms with van der Waals surface area (Å²) in [6, 6.07) is 4.21. The van der Waals surface area contributed by atoms with Gasteiger partial charge in [-0.15, -0.1) is 0 Å². The van der Waals surface area contributed by atoms with E-state index in [2.05, 4.69) is 5.32 Å². The zero-order chi connectivity index (χ0) is 11.5. The number of hydrogen-bond acceptors (Lipinski definition) is 2. The third-order valence-electron chi connectivity index (χ3n) is 2.98. The molecule has 3 nitrogen and oxygen atoms in total. The molecular formula is C12H15FN2O. The summed E-state index contributed by atoms with van der Waals surface area (Å²) in [5, 5.41) is 2.72. The Balaban J connectivity index is 1.92. The molecule has 0 saturated heterocycles. The van der Waals surface area contributed by atoms with Gasteiger partial charge in [0.05, 0.1) is 5.69 Å². The van der Waals surface area contributed by atoms with Crippen molar-refractivity contribution in [2.45, 2.75) is 25.7 Å². The molecule has 0 aromatic heterocycles. The van der Waals surface area contributed by atoms with E-state index in [0.29, 0.717) is 18.0 Å². The molecule has 16 heavy (non-hydrogen) atoms. The number of anilines is 2. The van der Waals surface area contributed by atoms with E-state index < -0.39 is 5.82 Å². The van der Waals surface area contributed by atoms with E-state index in [4.69, 9.17) is 5.73 Å². The molecule has 1 aliphatic rings. The first-order valence-electron chi connectivity index (χ1n) is 5.50. The molecule has 2 rings (SSSR count). The van der Waals surface area contributed by atoms with E-state index in [0.717, 1.165) is 12.8 Å². The average Bonchev–Trinajstić information content (AvgIpc) is 2.18. The van der Waals surface area contributed by atoms with Gasteiger partial charge in [-0.25, -0.2) is 4.39 Å². The van der Waals surface area contributed by atoms with Gasteiger partial charge < -0.3 is 11.1 Å². The Bertz CT molecular complexity index is 402. The Hall–Kier alpha value is -1.58. The average molecular weight is 222 g/mol. The minimum Gasteiger partial charge on any atom is -0.396 e. The summed E-state index contributed by atoms with van der Waals surface area (Å²) in [5.41, 5.74) is 6.02. The second-order valence-electron chi connectivity index (χ2n) is 4.29. The van der Waals surface area contributed by atoms with Crippen molar-refractivity contribution < 1.29 is 9.18 Å². The lowest BCUT2D eigenvalue weighted by atomic mass is 9.83. The fraction of sp³-hybridized carbons (Fsp3) is 0.417. The van der Waals surface area contributed by atoms with Crippen LogP contribution in [-0.2, 0) is 4.79 Å². The summed E-state index contributed by atoms with van der Waals surface area (Å²) in [5.74, 6) is 0.0468. The lowest BCUT2D eigenvalue weighted by Crippen LogP contribution is -2.20. The first kappa shape index (κ1) is 10.9. The Morgan fingerprint density at radius 1 is 1.50 bits per heavy atom. The third kappa shape index (κ3) is 2.51. The van der Waals surface area contributed by atoms with Crippen LogP contribution < -0.4 is 11.1 Å². The second-order valence-corrected chi connectivity index (χ2v) is 4.29. The van der Waals surface area contributed by atoms with Gasteiger partial charge in [-0.05, 0) is 37.0 Å². The maximum absolute atomic E-state index is 12.9. The van der Waals surface area contributed by atoms with E-state index in [-0.39, 0.29) is 11.6 Å². The highest BCUT2D eigenvalue weighted by Gasteiger charge is 2.20. The maximum Gasteiger partial charge on any atom is 0.224 e. The molecule has 1 aromatic rings. The quantitative estimate of drug-likeness (QED) is 0.772. The molecule has 3 N–H and O–H groups in total.